The van der Waals surface area contributed by atoms with Gasteiger partial charge in [-0.1, -0.05) is 32.1 Å². The summed E-state index contributed by atoms with van der Waals surface area (Å²) in [6.45, 7) is 0. The molecule has 1 heterocycles. The average Bonchev–Trinajstić information content (AvgIpc) is 2.58. The Morgan fingerprint density at radius 1 is 1.12 bits per heavy atom. The molecule has 0 aliphatic heterocycles. The fourth-order valence-corrected chi connectivity index (χ4v) is 4.58. The molecule has 1 saturated carbocycles. The standard InChI is InChI=1S/C13H16Br2OS/c14-10-8-17-13(11(10)15)12(16)9-6-4-2-1-3-5-7-9/h8-9H,1-7H2. The van der Waals surface area contributed by atoms with Crippen LogP contribution < -0.4 is 0 Å². The van der Waals surface area contributed by atoms with Crippen LogP contribution in [0.25, 0.3) is 0 Å². The van der Waals surface area contributed by atoms with Crippen LogP contribution in [0.5, 0.6) is 0 Å². The molecule has 0 unspecified atom stereocenters. The summed E-state index contributed by atoms with van der Waals surface area (Å²) in [7, 11) is 0. The van der Waals surface area contributed by atoms with Gasteiger partial charge in [-0.2, -0.15) is 0 Å². The van der Waals surface area contributed by atoms with E-state index in [1.54, 1.807) is 11.3 Å². The third kappa shape index (κ3) is 3.42. The van der Waals surface area contributed by atoms with Crippen LogP contribution >= 0.6 is 43.2 Å². The molecule has 94 valence electrons. The van der Waals surface area contributed by atoms with Crippen LogP contribution in [0.1, 0.15) is 54.6 Å². The summed E-state index contributed by atoms with van der Waals surface area (Å²) in [5.74, 6) is 0.589. The van der Waals surface area contributed by atoms with Gasteiger partial charge in [0.2, 0.25) is 0 Å². The molecule has 0 atom stereocenters. The van der Waals surface area contributed by atoms with Gasteiger partial charge >= 0.3 is 0 Å². The summed E-state index contributed by atoms with van der Waals surface area (Å²) in [6.07, 6.45) is 8.48. The van der Waals surface area contributed by atoms with Crippen LogP contribution in [0, 0.1) is 5.92 Å². The van der Waals surface area contributed by atoms with Crippen molar-refractivity contribution in [2.75, 3.05) is 0 Å². The normalized spacial score (nSPS) is 18.7. The minimum Gasteiger partial charge on any atom is -0.293 e. The summed E-state index contributed by atoms with van der Waals surface area (Å²) in [5, 5.41) is 1.99. The van der Waals surface area contributed by atoms with Gasteiger partial charge in [-0.15, -0.1) is 11.3 Å². The van der Waals surface area contributed by atoms with Crippen molar-refractivity contribution >= 4 is 49.0 Å². The van der Waals surface area contributed by atoms with Gasteiger partial charge in [0.15, 0.2) is 5.78 Å². The lowest BCUT2D eigenvalue weighted by molar-refractivity contribution is 0.0902. The van der Waals surface area contributed by atoms with Crippen LogP contribution in [-0.2, 0) is 0 Å². The molecule has 0 aromatic carbocycles. The summed E-state index contributed by atoms with van der Waals surface area (Å²) in [5.41, 5.74) is 0. The van der Waals surface area contributed by atoms with Crippen molar-refractivity contribution in [1.29, 1.82) is 0 Å². The number of hydrogen-bond donors (Lipinski definition) is 0. The maximum atomic E-state index is 12.5. The fraction of sp³-hybridized carbons (Fsp3) is 0.615. The number of halogens is 2. The molecule has 0 bridgehead atoms. The largest absolute Gasteiger partial charge is 0.293 e. The van der Waals surface area contributed by atoms with Crippen LogP contribution in [-0.4, -0.2) is 5.78 Å². The first-order valence-electron chi connectivity index (χ1n) is 6.17. The number of carbonyl (C=O) groups is 1. The number of carbonyl (C=O) groups excluding carboxylic acids is 1. The van der Waals surface area contributed by atoms with E-state index in [4.69, 9.17) is 0 Å². The zero-order chi connectivity index (χ0) is 12.3. The molecule has 0 N–H and O–H groups in total. The minimum atomic E-state index is 0.247. The second-order valence-corrected chi connectivity index (χ2v) is 7.16. The van der Waals surface area contributed by atoms with Crippen LogP contribution in [0.15, 0.2) is 14.3 Å². The second kappa shape index (κ2) is 6.48. The molecule has 2 rings (SSSR count). The molecular weight excluding hydrogens is 364 g/mol. The van der Waals surface area contributed by atoms with Gasteiger partial charge in [0.25, 0.3) is 0 Å². The topological polar surface area (TPSA) is 17.1 Å². The number of rotatable bonds is 2. The number of thiophene rings is 1. The Bertz CT molecular complexity index is 392. The van der Waals surface area contributed by atoms with Crippen molar-refractivity contribution < 1.29 is 4.79 Å². The lowest BCUT2D eigenvalue weighted by atomic mass is 9.88. The Kier molecular flexibility index (Phi) is 5.25. The highest BCUT2D eigenvalue weighted by molar-refractivity contribution is 9.13. The molecule has 0 amide bonds. The monoisotopic (exact) mass is 378 g/mol. The van der Waals surface area contributed by atoms with E-state index < -0.39 is 0 Å². The van der Waals surface area contributed by atoms with Crippen molar-refractivity contribution in [2.45, 2.75) is 44.9 Å². The third-order valence-electron chi connectivity index (χ3n) is 3.39. The molecule has 1 aliphatic carbocycles. The van der Waals surface area contributed by atoms with E-state index in [0.29, 0.717) is 5.78 Å². The molecule has 1 fully saturated rings. The summed E-state index contributed by atoms with van der Waals surface area (Å²) in [6, 6.07) is 0. The van der Waals surface area contributed by atoms with Gasteiger partial charge < -0.3 is 0 Å². The third-order valence-corrected chi connectivity index (χ3v) is 6.93. The minimum absolute atomic E-state index is 0.247. The second-order valence-electron chi connectivity index (χ2n) is 4.63. The van der Waals surface area contributed by atoms with E-state index in [1.807, 2.05) is 5.38 Å². The Hall–Kier alpha value is 0.330. The zero-order valence-corrected chi connectivity index (χ0v) is 13.7. The number of hydrogen-bond acceptors (Lipinski definition) is 2. The van der Waals surface area contributed by atoms with E-state index in [1.165, 1.54) is 32.1 Å². The van der Waals surface area contributed by atoms with Crippen molar-refractivity contribution in [2.24, 2.45) is 5.92 Å². The lowest BCUT2D eigenvalue weighted by Crippen LogP contribution is -2.15. The van der Waals surface area contributed by atoms with Crippen LogP contribution in [0.3, 0.4) is 0 Å². The summed E-state index contributed by atoms with van der Waals surface area (Å²) < 4.78 is 1.94. The number of Topliss-reactive ketones (excluding diaryl/α,β-unsaturated/α-hetero) is 1. The van der Waals surface area contributed by atoms with Crippen molar-refractivity contribution in [1.82, 2.24) is 0 Å². The van der Waals surface area contributed by atoms with Crippen LogP contribution in [0.2, 0.25) is 0 Å². The first-order chi connectivity index (χ1) is 8.20. The van der Waals surface area contributed by atoms with E-state index in [2.05, 4.69) is 31.9 Å². The first-order valence-corrected chi connectivity index (χ1v) is 8.63. The van der Waals surface area contributed by atoms with E-state index in [0.717, 1.165) is 26.7 Å². The molecule has 1 nitrogen and oxygen atoms in total. The highest BCUT2D eigenvalue weighted by Gasteiger charge is 2.24. The van der Waals surface area contributed by atoms with E-state index in [9.17, 15) is 4.79 Å². The molecule has 17 heavy (non-hydrogen) atoms. The zero-order valence-electron chi connectivity index (χ0n) is 9.68. The maximum Gasteiger partial charge on any atom is 0.177 e. The molecule has 0 saturated heterocycles. The molecular formula is C13H16Br2OS. The molecule has 1 aliphatic rings. The molecule has 0 radical (unpaired) electrons. The summed E-state index contributed by atoms with van der Waals surface area (Å²) >= 11 is 8.49. The maximum absolute atomic E-state index is 12.5. The molecule has 4 heteroatoms. The van der Waals surface area contributed by atoms with E-state index in [-0.39, 0.29) is 5.92 Å². The van der Waals surface area contributed by atoms with Gasteiger partial charge in [0.1, 0.15) is 0 Å². The van der Waals surface area contributed by atoms with Gasteiger partial charge in [-0.3, -0.25) is 4.79 Å². The fourth-order valence-electron chi connectivity index (χ4n) is 2.39. The highest BCUT2D eigenvalue weighted by Crippen LogP contribution is 2.36. The van der Waals surface area contributed by atoms with Crippen molar-refractivity contribution in [3.05, 3.63) is 19.2 Å². The lowest BCUT2D eigenvalue weighted by Gasteiger charge is -2.17. The van der Waals surface area contributed by atoms with Gasteiger partial charge in [0.05, 0.1) is 9.35 Å². The van der Waals surface area contributed by atoms with Gasteiger partial charge in [0, 0.05) is 15.8 Å². The van der Waals surface area contributed by atoms with Crippen molar-refractivity contribution in [3.63, 3.8) is 0 Å². The average molecular weight is 380 g/mol. The Morgan fingerprint density at radius 3 is 2.24 bits per heavy atom. The van der Waals surface area contributed by atoms with Crippen LogP contribution in [0.4, 0.5) is 0 Å². The SMILES string of the molecule is O=C(c1scc(Br)c1Br)C1CCCCCCC1. The molecule has 1 aromatic rings. The highest BCUT2D eigenvalue weighted by atomic mass is 79.9. The summed E-state index contributed by atoms with van der Waals surface area (Å²) in [4.78, 5) is 13.3. The molecule has 0 spiro atoms. The Morgan fingerprint density at radius 2 is 1.71 bits per heavy atom. The quantitative estimate of drug-likeness (QED) is 0.592. The van der Waals surface area contributed by atoms with Crippen molar-refractivity contribution in [3.8, 4) is 0 Å². The van der Waals surface area contributed by atoms with Gasteiger partial charge in [-0.25, -0.2) is 0 Å². The predicted molar refractivity (Wildman–Crippen MR) is 79.9 cm³/mol. The van der Waals surface area contributed by atoms with E-state index >= 15 is 0 Å². The smallest absolute Gasteiger partial charge is 0.177 e. The first kappa shape index (κ1) is 13.8. The Labute approximate surface area is 123 Å². The number of ketones is 1. The molecule has 1 aromatic heterocycles. The predicted octanol–water partition coefficient (Wildman–Crippen LogP) is 5.82. The van der Waals surface area contributed by atoms with Gasteiger partial charge in [-0.05, 0) is 44.7 Å². The Balaban J connectivity index is 2.10.